The molecule has 0 fully saturated rings. The highest BCUT2D eigenvalue weighted by Gasteiger charge is 2.06. The monoisotopic (exact) mass is 174 g/mol. The van der Waals surface area contributed by atoms with E-state index in [2.05, 4.69) is 10.6 Å². The molecule has 0 spiro atoms. The van der Waals surface area contributed by atoms with Gasteiger partial charge in [-0.3, -0.25) is 0 Å². The van der Waals surface area contributed by atoms with Crippen molar-refractivity contribution in [2.24, 2.45) is 0 Å². The lowest BCUT2D eigenvalue weighted by Crippen LogP contribution is -2.32. The first-order valence-corrected chi connectivity index (χ1v) is 4.29. The maximum atomic E-state index is 10.9. The molecular weight excluding hydrogens is 156 g/mol. The second-order valence-electron chi connectivity index (χ2n) is 2.70. The molecule has 12 heavy (non-hydrogen) atoms. The normalized spacial score (nSPS) is 12.2. The van der Waals surface area contributed by atoms with E-state index in [4.69, 9.17) is 4.74 Å². The van der Waals surface area contributed by atoms with Gasteiger partial charge in [0.1, 0.15) is 6.10 Å². The van der Waals surface area contributed by atoms with E-state index in [-0.39, 0.29) is 12.2 Å². The van der Waals surface area contributed by atoms with Crippen molar-refractivity contribution in [2.75, 3.05) is 20.1 Å². The van der Waals surface area contributed by atoms with Crippen LogP contribution in [0.1, 0.15) is 20.3 Å². The molecule has 0 saturated heterocycles. The van der Waals surface area contributed by atoms with Crippen molar-refractivity contribution in [3.63, 3.8) is 0 Å². The number of rotatable bonds is 5. The van der Waals surface area contributed by atoms with Gasteiger partial charge >= 0.3 is 6.09 Å². The Morgan fingerprint density at radius 3 is 2.75 bits per heavy atom. The lowest BCUT2D eigenvalue weighted by molar-refractivity contribution is 0.107. The molecule has 1 unspecified atom stereocenters. The van der Waals surface area contributed by atoms with Crippen LogP contribution in [0, 0.1) is 0 Å². The third kappa shape index (κ3) is 5.97. The third-order valence-electron chi connectivity index (χ3n) is 1.32. The molecule has 0 heterocycles. The van der Waals surface area contributed by atoms with Gasteiger partial charge in [-0.1, -0.05) is 6.92 Å². The van der Waals surface area contributed by atoms with Crippen LogP contribution in [0.3, 0.4) is 0 Å². The molecule has 4 nitrogen and oxygen atoms in total. The van der Waals surface area contributed by atoms with Crippen molar-refractivity contribution >= 4 is 6.09 Å². The molecule has 2 N–H and O–H groups in total. The Morgan fingerprint density at radius 1 is 1.58 bits per heavy atom. The molecule has 0 bridgehead atoms. The number of carbonyl (C=O) groups is 1. The summed E-state index contributed by atoms with van der Waals surface area (Å²) in [5.41, 5.74) is 0. The summed E-state index contributed by atoms with van der Waals surface area (Å²) in [6.45, 7) is 5.20. The molecule has 1 atom stereocenters. The Morgan fingerprint density at radius 2 is 2.25 bits per heavy atom. The van der Waals surface area contributed by atoms with Gasteiger partial charge in [-0.15, -0.1) is 0 Å². The van der Waals surface area contributed by atoms with Crippen LogP contribution in [0.25, 0.3) is 0 Å². The van der Waals surface area contributed by atoms with Crippen molar-refractivity contribution in [3.05, 3.63) is 0 Å². The summed E-state index contributed by atoms with van der Waals surface area (Å²) in [6, 6.07) is 0. The Kier molecular flexibility index (Phi) is 6.47. The van der Waals surface area contributed by atoms with Crippen LogP contribution in [0.15, 0.2) is 0 Å². The summed E-state index contributed by atoms with van der Waals surface area (Å²) >= 11 is 0. The molecule has 72 valence electrons. The Bertz CT molecular complexity index is 128. The van der Waals surface area contributed by atoms with E-state index in [0.717, 1.165) is 6.42 Å². The molecule has 0 aromatic rings. The standard InChI is InChI=1S/C8H18N2O2/c1-4-5-10-8(11)12-7(2)6-9-3/h7,9H,4-6H2,1-3H3,(H,10,11). The number of amides is 1. The Hall–Kier alpha value is -0.770. The first-order chi connectivity index (χ1) is 5.70. The van der Waals surface area contributed by atoms with Gasteiger partial charge in [-0.2, -0.15) is 0 Å². The minimum Gasteiger partial charge on any atom is -0.445 e. The van der Waals surface area contributed by atoms with E-state index in [1.807, 2.05) is 20.9 Å². The summed E-state index contributed by atoms with van der Waals surface area (Å²) in [7, 11) is 1.82. The number of hydrogen-bond acceptors (Lipinski definition) is 3. The molecule has 0 aliphatic heterocycles. The average Bonchev–Trinajstić information content (AvgIpc) is 2.01. The smallest absolute Gasteiger partial charge is 0.407 e. The summed E-state index contributed by atoms with van der Waals surface area (Å²) < 4.78 is 4.98. The van der Waals surface area contributed by atoms with E-state index in [9.17, 15) is 4.79 Å². The van der Waals surface area contributed by atoms with E-state index in [1.54, 1.807) is 0 Å². The van der Waals surface area contributed by atoms with Crippen molar-refractivity contribution < 1.29 is 9.53 Å². The zero-order valence-electron chi connectivity index (χ0n) is 8.02. The quantitative estimate of drug-likeness (QED) is 0.646. The van der Waals surface area contributed by atoms with Gasteiger partial charge in [0.05, 0.1) is 0 Å². The third-order valence-corrected chi connectivity index (χ3v) is 1.32. The van der Waals surface area contributed by atoms with Gasteiger partial charge < -0.3 is 15.4 Å². The number of alkyl carbamates (subject to hydrolysis) is 1. The van der Waals surface area contributed by atoms with Gasteiger partial charge in [0.2, 0.25) is 0 Å². The minimum absolute atomic E-state index is 0.0770. The lowest BCUT2D eigenvalue weighted by atomic mass is 10.4. The van der Waals surface area contributed by atoms with E-state index in [0.29, 0.717) is 13.1 Å². The predicted molar refractivity (Wildman–Crippen MR) is 48.2 cm³/mol. The van der Waals surface area contributed by atoms with E-state index >= 15 is 0 Å². The molecule has 0 aromatic carbocycles. The maximum Gasteiger partial charge on any atom is 0.407 e. The number of ether oxygens (including phenoxy) is 1. The fraction of sp³-hybridized carbons (Fsp3) is 0.875. The Labute approximate surface area is 73.7 Å². The summed E-state index contributed by atoms with van der Waals surface area (Å²) in [5, 5.41) is 5.56. The lowest BCUT2D eigenvalue weighted by Gasteiger charge is -2.12. The molecule has 0 saturated carbocycles. The highest BCUT2D eigenvalue weighted by atomic mass is 16.6. The van der Waals surface area contributed by atoms with Crippen LogP contribution in [0.2, 0.25) is 0 Å². The summed E-state index contributed by atoms with van der Waals surface area (Å²) in [5.74, 6) is 0. The molecule has 0 aliphatic carbocycles. The van der Waals surface area contributed by atoms with Crippen LogP contribution < -0.4 is 10.6 Å². The predicted octanol–water partition coefficient (Wildman–Crippen LogP) is 0.730. The molecular formula is C8H18N2O2. The highest BCUT2D eigenvalue weighted by Crippen LogP contribution is 1.88. The molecule has 4 heteroatoms. The fourth-order valence-electron chi connectivity index (χ4n) is 0.781. The first-order valence-electron chi connectivity index (χ1n) is 4.29. The van der Waals surface area contributed by atoms with E-state index < -0.39 is 0 Å². The molecule has 0 aliphatic rings. The minimum atomic E-state index is -0.334. The van der Waals surface area contributed by atoms with Gasteiger partial charge in [-0.25, -0.2) is 4.79 Å². The second kappa shape index (κ2) is 6.91. The number of hydrogen-bond donors (Lipinski definition) is 2. The van der Waals surface area contributed by atoms with Crippen LogP contribution in [0.5, 0.6) is 0 Å². The molecule has 1 amide bonds. The van der Waals surface area contributed by atoms with E-state index in [1.165, 1.54) is 0 Å². The Balaban J connectivity index is 3.40. The van der Waals surface area contributed by atoms with Crippen LogP contribution in [0.4, 0.5) is 4.79 Å². The second-order valence-corrected chi connectivity index (χ2v) is 2.70. The number of nitrogens with one attached hydrogen (secondary N) is 2. The fourth-order valence-corrected chi connectivity index (χ4v) is 0.781. The molecule has 0 aromatic heterocycles. The summed E-state index contributed by atoms with van der Waals surface area (Å²) in [4.78, 5) is 10.9. The molecule has 0 rings (SSSR count). The maximum absolute atomic E-state index is 10.9. The van der Waals surface area contributed by atoms with Gasteiger partial charge in [0.25, 0.3) is 0 Å². The zero-order valence-corrected chi connectivity index (χ0v) is 8.02. The van der Waals surface area contributed by atoms with Gasteiger partial charge in [0, 0.05) is 13.1 Å². The van der Waals surface area contributed by atoms with Crippen molar-refractivity contribution in [1.82, 2.24) is 10.6 Å². The topological polar surface area (TPSA) is 50.4 Å². The number of likely N-dealkylation sites (N-methyl/N-ethyl adjacent to an activating group) is 1. The van der Waals surface area contributed by atoms with Crippen molar-refractivity contribution in [3.8, 4) is 0 Å². The average molecular weight is 174 g/mol. The van der Waals surface area contributed by atoms with Crippen LogP contribution in [-0.2, 0) is 4.74 Å². The first kappa shape index (κ1) is 11.2. The van der Waals surface area contributed by atoms with Gasteiger partial charge in [0.15, 0.2) is 0 Å². The largest absolute Gasteiger partial charge is 0.445 e. The highest BCUT2D eigenvalue weighted by molar-refractivity contribution is 5.67. The SMILES string of the molecule is CCCNC(=O)OC(C)CNC. The van der Waals surface area contributed by atoms with Crippen LogP contribution in [-0.4, -0.2) is 32.3 Å². The van der Waals surface area contributed by atoms with Crippen molar-refractivity contribution in [2.45, 2.75) is 26.4 Å². The number of carbonyl (C=O) groups excluding carboxylic acids is 1. The molecule has 0 radical (unpaired) electrons. The zero-order chi connectivity index (χ0) is 9.40. The van der Waals surface area contributed by atoms with Crippen LogP contribution >= 0.6 is 0 Å². The van der Waals surface area contributed by atoms with Crippen molar-refractivity contribution in [1.29, 1.82) is 0 Å². The summed E-state index contributed by atoms with van der Waals surface area (Å²) in [6.07, 6.45) is 0.515. The van der Waals surface area contributed by atoms with Gasteiger partial charge in [-0.05, 0) is 20.4 Å².